The van der Waals surface area contributed by atoms with Crippen LogP contribution in [0.25, 0.3) is 0 Å². The summed E-state index contributed by atoms with van der Waals surface area (Å²) in [4.78, 5) is 2.59. The third kappa shape index (κ3) is 3.79. The minimum absolute atomic E-state index is 0.934. The normalized spacial score (nSPS) is 34.4. The topological polar surface area (TPSA) is 3.24 Å². The molecule has 1 aliphatic heterocycles. The van der Waals surface area contributed by atoms with E-state index in [1.807, 2.05) is 27.7 Å². The predicted octanol–water partition coefficient (Wildman–Crippen LogP) is 4.18. The van der Waals surface area contributed by atoms with Crippen molar-refractivity contribution >= 4 is 0 Å². The fourth-order valence-corrected chi connectivity index (χ4v) is 3.14. The lowest BCUT2D eigenvalue weighted by molar-refractivity contribution is 0.118. The molecule has 0 radical (unpaired) electrons. The molecule has 1 saturated carbocycles. The minimum atomic E-state index is 0.934. The molecule has 0 amide bonds. The van der Waals surface area contributed by atoms with E-state index in [0.717, 1.165) is 17.9 Å². The smallest absolute Gasteiger partial charge is 0.0146 e. The first-order valence-corrected chi connectivity index (χ1v) is 6.99. The van der Waals surface area contributed by atoms with Crippen molar-refractivity contribution in [3.05, 3.63) is 0 Å². The Labute approximate surface area is 97.2 Å². The highest BCUT2D eigenvalue weighted by atomic mass is 15.1. The van der Waals surface area contributed by atoms with Crippen LogP contribution in [0.1, 0.15) is 60.3 Å². The summed E-state index contributed by atoms with van der Waals surface area (Å²) in [6.07, 6.45) is 5.90. The maximum atomic E-state index is 2.59. The molecule has 0 aromatic rings. The number of nitrogens with zero attached hydrogens (tertiary/aromatic N) is 1. The summed E-state index contributed by atoms with van der Waals surface area (Å²) in [5, 5.41) is 0. The molecule has 1 heterocycles. The lowest BCUT2D eigenvalue weighted by atomic mass is 9.89. The molecule has 2 aliphatic rings. The van der Waals surface area contributed by atoms with E-state index in [1.165, 1.54) is 32.2 Å². The Balaban J connectivity index is 0.000000442. The van der Waals surface area contributed by atoms with Crippen LogP contribution < -0.4 is 0 Å². The van der Waals surface area contributed by atoms with Gasteiger partial charge in [-0.15, -0.1) is 0 Å². The monoisotopic (exact) mass is 213 g/mol. The van der Waals surface area contributed by atoms with E-state index in [0.29, 0.717) is 0 Å². The van der Waals surface area contributed by atoms with Crippen LogP contribution in [0, 0.1) is 11.8 Å². The number of hydrogen-bond donors (Lipinski definition) is 0. The molecular weight excluding hydrogens is 182 g/mol. The Morgan fingerprint density at radius 2 is 1.53 bits per heavy atom. The van der Waals surface area contributed by atoms with E-state index in [-0.39, 0.29) is 0 Å². The third-order valence-electron chi connectivity index (χ3n) is 3.65. The van der Waals surface area contributed by atoms with Crippen LogP contribution in [0.5, 0.6) is 0 Å². The number of hydrogen-bond acceptors (Lipinski definition) is 1. The lowest BCUT2D eigenvalue weighted by Crippen LogP contribution is -2.42. The molecule has 3 unspecified atom stereocenters. The molecule has 1 heteroatoms. The van der Waals surface area contributed by atoms with Gasteiger partial charge in [-0.25, -0.2) is 0 Å². The molecule has 1 nitrogen and oxygen atoms in total. The molecule has 2 rings (SSSR count). The van der Waals surface area contributed by atoms with Crippen LogP contribution in [0.15, 0.2) is 0 Å². The van der Waals surface area contributed by atoms with Gasteiger partial charge in [0.05, 0.1) is 0 Å². The summed E-state index contributed by atoms with van der Waals surface area (Å²) < 4.78 is 0. The van der Waals surface area contributed by atoms with Gasteiger partial charge in [-0.3, -0.25) is 0 Å². The van der Waals surface area contributed by atoms with Crippen LogP contribution in [-0.4, -0.2) is 24.5 Å². The zero-order valence-electron chi connectivity index (χ0n) is 11.7. The van der Waals surface area contributed by atoms with Gasteiger partial charge in [0.25, 0.3) is 0 Å². The van der Waals surface area contributed by atoms with Gasteiger partial charge in [-0.1, -0.05) is 34.6 Å². The Kier molecular flexibility index (Phi) is 8.13. The van der Waals surface area contributed by atoms with E-state index >= 15 is 0 Å². The summed E-state index contributed by atoms with van der Waals surface area (Å²) in [6, 6.07) is 0.934. The first-order chi connectivity index (χ1) is 7.29. The molecule has 3 atom stereocenters. The summed E-state index contributed by atoms with van der Waals surface area (Å²) >= 11 is 0. The Morgan fingerprint density at radius 3 is 2.07 bits per heavy atom. The number of fused-ring (bicyclic) bond motifs is 1. The highest BCUT2D eigenvalue weighted by Gasteiger charge is 2.37. The molecule has 15 heavy (non-hydrogen) atoms. The molecular formula is C14H31N. The average Bonchev–Trinajstić information content (AvgIpc) is 2.68. The van der Waals surface area contributed by atoms with Crippen molar-refractivity contribution < 1.29 is 0 Å². The molecule has 92 valence electrons. The second-order valence-electron chi connectivity index (χ2n) is 4.43. The summed E-state index contributed by atoms with van der Waals surface area (Å²) in [7, 11) is 2.30. The number of rotatable bonds is 0. The van der Waals surface area contributed by atoms with Crippen LogP contribution >= 0.6 is 0 Å². The SMILES string of the molecule is CC.CC.CC1CCC2CCCN(C)C12. The predicted molar refractivity (Wildman–Crippen MR) is 70.2 cm³/mol. The second kappa shape index (κ2) is 8.15. The van der Waals surface area contributed by atoms with Crippen LogP contribution in [0.3, 0.4) is 0 Å². The Hall–Kier alpha value is -0.0400. The standard InChI is InChI=1S/C10H19N.2C2H6/c1-8-5-6-9-4-3-7-11(2)10(8)9;2*1-2/h8-10H,3-7H2,1-2H3;2*1-2H3. The van der Waals surface area contributed by atoms with Crippen LogP contribution in [0.4, 0.5) is 0 Å². The van der Waals surface area contributed by atoms with Crippen molar-refractivity contribution in [2.75, 3.05) is 13.6 Å². The van der Waals surface area contributed by atoms with Gasteiger partial charge in [0.15, 0.2) is 0 Å². The van der Waals surface area contributed by atoms with E-state index in [1.54, 1.807) is 0 Å². The van der Waals surface area contributed by atoms with Crippen LogP contribution in [-0.2, 0) is 0 Å². The lowest BCUT2D eigenvalue weighted by Gasteiger charge is -2.37. The van der Waals surface area contributed by atoms with E-state index < -0.39 is 0 Å². The first-order valence-electron chi connectivity index (χ1n) is 6.99. The molecule has 2 fully saturated rings. The Bertz CT molecular complexity index is 142. The van der Waals surface area contributed by atoms with E-state index in [4.69, 9.17) is 0 Å². The van der Waals surface area contributed by atoms with Crippen LogP contribution in [0.2, 0.25) is 0 Å². The van der Waals surface area contributed by atoms with E-state index in [2.05, 4.69) is 18.9 Å². The molecule has 1 saturated heterocycles. The molecule has 1 aliphatic carbocycles. The van der Waals surface area contributed by atoms with Gasteiger partial charge in [0.2, 0.25) is 0 Å². The highest BCUT2D eigenvalue weighted by molar-refractivity contribution is 4.91. The van der Waals surface area contributed by atoms with Crippen molar-refractivity contribution in [3.63, 3.8) is 0 Å². The minimum Gasteiger partial charge on any atom is -0.303 e. The zero-order chi connectivity index (χ0) is 11.8. The molecule has 0 bridgehead atoms. The van der Waals surface area contributed by atoms with Crippen molar-refractivity contribution in [2.24, 2.45) is 11.8 Å². The van der Waals surface area contributed by atoms with Gasteiger partial charge >= 0.3 is 0 Å². The first kappa shape index (κ1) is 15.0. The van der Waals surface area contributed by atoms with Gasteiger partial charge in [-0.2, -0.15) is 0 Å². The highest BCUT2D eigenvalue weighted by Crippen LogP contribution is 2.39. The summed E-state index contributed by atoms with van der Waals surface area (Å²) in [6.45, 7) is 11.8. The maximum absolute atomic E-state index is 2.59. The number of likely N-dealkylation sites (tertiary alicyclic amines) is 1. The zero-order valence-corrected chi connectivity index (χ0v) is 11.7. The molecule has 0 aromatic heterocycles. The van der Waals surface area contributed by atoms with Crippen molar-refractivity contribution in [2.45, 2.75) is 66.3 Å². The van der Waals surface area contributed by atoms with Gasteiger partial charge in [0, 0.05) is 6.04 Å². The molecule has 0 aromatic carbocycles. The fourth-order valence-electron chi connectivity index (χ4n) is 3.14. The molecule has 0 spiro atoms. The average molecular weight is 213 g/mol. The maximum Gasteiger partial charge on any atom is 0.0146 e. The fraction of sp³-hybridized carbons (Fsp3) is 1.00. The quantitative estimate of drug-likeness (QED) is 0.583. The van der Waals surface area contributed by atoms with Crippen molar-refractivity contribution in [1.82, 2.24) is 4.90 Å². The van der Waals surface area contributed by atoms with Gasteiger partial charge in [-0.05, 0) is 51.1 Å². The summed E-state index contributed by atoms with van der Waals surface area (Å²) in [5.41, 5.74) is 0. The Morgan fingerprint density at radius 1 is 0.933 bits per heavy atom. The van der Waals surface area contributed by atoms with Crippen molar-refractivity contribution in [1.29, 1.82) is 0 Å². The summed E-state index contributed by atoms with van der Waals surface area (Å²) in [5.74, 6) is 2.01. The third-order valence-corrected chi connectivity index (χ3v) is 3.65. The van der Waals surface area contributed by atoms with Gasteiger partial charge in [0.1, 0.15) is 0 Å². The van der Waals surface area contributed by atoms with Crippen molar-refractivity contribution in [3.8, 4) is 0 Å². The number of piperidine rings is 1. The second-order valence-corrected chi connectivity index (χ2v) is 4.43. The van der Waals surface area contributed by atoms with E-state index in [9.17, 15) is 0 Å². The van der Waals surface area contributed by atoms with Gasteiger partial charge < -0.3 is 4.90 Å². The molecule has 0 N–H and O–H groups in total. The largest absolute Gasteiger partial charge is 0.303 e.